The molecule has 2 heterocycles. The average molecular weight is 280 g/mol. The molecule has 0 radical (unpaired) electrons. The Morgan fingerprint density at radius 2 is 2.28 bits per heavy atom. The smallest absolute Gasteiger partial charge is 0.346 e. The number of carboxylic acid groups (broad SMARTS) is 1. The number of hydrogen-bond acceptors (Lipinski definition) is 5. The number of nitrogens with zero attached hydrogens (tertiary/aromatic N) is 2. The summed E-state index contributed by atoms with van der Waals surface area (Å²) in [6.07, 6.45) is 5.27. The van der Waals surface area contributed by atoms with E-state index in [2.05, 4.69) is 9.97 Å². The number of aromatic carboxylic acids is 1. The summed E-state index contributed by atoms with van der Waals surface area (Å²) in [5.41, 5.74) is 0.796. The third-order valence-corrected chi connectivity index (χ3v) is 5.74. The van der Waals surface area contributed by atoms with E-state index in [0.29, 0.717) is 10.1 Å². The summed E-state index contributed by atoms with van der Waals surface area (Å²) in [5, 5.41) is 11.7. The van der Waals surface area contributed by atoms with Crippen molar-refractivity contribution < 1.29 is 9.90 Å². The maximum absolute atomic E-state index is 11.1. The van der Waals surface area contributed by atoms with Crippen molar-refractivity contribution in [2.45, 2.75) is 36.5 Å². The quantitative estimate of drug-likeness (QED) is 0.874. The number of aromatic nitrogens is 2. The molecule has 1 fully saturated rings. The molecule has 0 aliphatic heterocycles. The van der Waals surface area contributed by atoms with Gasteiger partial charge >= 0.3 is 5.97 Å². The Morgan fingerprint density at radius 3 is 2.89 bits per heavy atom. The summed E-state index contributed by atoms with van der Waals surface area (Å²) >= 11 is 3.00. The first-order valence-electron chi connectivity index (χ1n) is 5.81. The lowest BCUT2D eigenvalue weighted by molar-refractivity contribution is 0.0701. The normalized spacial score (nSPS) is 15.8. The highest BCUT2D eigenvalue weighted by Crippen LogP contribution is 2.41. The summed E-state index contributed by atoms with van der Waals surface area (Å²) in [7, 11) is 0. The number of fused-ring (bicyclic) bond motifs is 1. The van der Waals surface area contributed by atoms with Crippen molar-refractivity contribution in [2.24, 2.45) is 0 Å². The van der Waals surface area contributed by atoms with Crippen LogP contribution in [-0.4, -0.2) is 26.3 Å². The van der Waals surface area contributed by atoms with Gasteiger partial charge in [-0.25, -0.2) is 14.8 Å². The fourth-order valence-electron chi connectivity index (χ4n) is 1.98. The predicted octanol–water partition coefficient (Wildman–Crippen LogP) is 3.34. The molecule has 1 aliphatic carbocycles. The van der Waals surface area contributed by atoms with Crippen LogP contribution < -0.4 is 0 Å². The van der Waals surface area contributed by atoms with Crippen molar-refractivity contribution in [1.29, 1.82) is 0 Å². The van der Waals surface area contributed by atoms with Crippen LogP contribution in [0.2, 0.25) is 0 Å². The van der Waals surface area contributed by atoms with E-state index < -0.39 is 5.97 Å². The molecule has 1 aliphatic rings. The molecular formula is C12H12N2O2S2. The van der Waals surface area contributed by atoms with E-state index in [1.54, 1.807) is 11.8 Å². The lowest BCUT2D eigenvalue weighted by atomic mass is 10.0. The number of carbonyl (C=O) groups is 1. The van der Waals surface area contributed by atoms with Gasteiger partial charge in [-0.1, -0.05) is 6.42 Å². The zero-order chi connectivity index (χ0) is 12.7. The lowest BCUT2D eigenvalue weighted by Gasteiger charge is -2.24. The van der Waals surface area contributed by atoms with E-state index in [0.717, 1.165) is 20.8 Å². The first-order valence-corrected chi connectivity index (χ1v) is 7.50. The van der Waals surface area contributed by atoms with Crippen molar-refractivity contribution >= 4 is 39.3 Å². The van der Waals surface area contributed by atoms with Crippen LogP contribution in [-0.2, 0) is 0 Å². The minimum Gasteiger partial charge on any atom is -0.477 e. The van der Waals surface area contributed by atoms with Gasteiger partial charge in [-0.15, -0.1) is 23.1 Å². The second kappa shape index (κ2) is 4.51. The van der Waals surface area contributed by atoms with E-state index in [4.69, 9.17) is 5.11 Å². The highest BCUT2D eigenvalue weighted by Gasteiger charge is 2.23. The summed E-state index contributed by atoms with van der Waals surface area (Å²) in [6, 6.07) is 0. The molecule has 0 aromatic carbocycles. The SMILES string of the molecule is Cc1c(C(=O)O)sc2ncnc(SC3CCC3)c12. The summed E-state index contributed by atoms with van der Waals surface area (Å²) < 4.78 is 0. The van der Waals surface area contributed by atoms with E-state index >= 15 is 0 Å². The van der Waals surface area contributed by atoms with Crippen LogP contribution in [0.4, 0.5) is 0 Å². The molecular weight excluding hydrogens is 268 g/mol. The first kappa shape index (κ1) is 11.9. The topological polar surface area (TPSA) is 63.1 Å². The molecule has 4 nitrogen and oxygen atoms in total. The summed E-state index contributed by atoms with van der Waals surface area (Å²) in [4.78, 5) is 20.8. The standard InChI is InChI=1S/C12H12N2O2S2/c1-6-8-10(17-7-3-2-4-7)13-5-14-11(8)18-9(6)12(15)16/h5,7H,2-4H2,1H3,(H,15,16). The third kappa shape index (κ3) is 1.89. The molecule has 94 valence electrons. The van der Waals surface area contributed by atoms with E-state index in [9.17, 15) is 4.79 Å². The molecule has 2 aromatic rings. The number of carboxylic acids is 1. The molecule has 0 atom stereocenters. The molecule has 6 heteroatoms. The summed E-state index contributed by atoms with van der Waals surface area (Å²) in [6.45, 7) is 1.84. The predicted molar refractivity (Wildman–Crippen MR) is 72.6 cm³/mol. The van der Waals surface area contributed by atoms with Crippen LogP contribution in [0.5, 0.6) is 0 Å². The Bertz CT molecular complexity index is 620. The van der Waals surface area contributed by atoms with Crippen LogP contribution in [0.15, 0.2) is 11.4 Å². The molecule has 18 heavy (non-hydrogen) atoms. The molecule has 0 bridgehead atoms. The number of hydrogen-bond donors (Lipinski definition) is 1. The van der Waals surface area contributed by atoms with Gasteiger partial charge in [-0.05, 0) is 25.3 Å². The van der Waals surface area contributed by atoms with Crippen molar-refractivity contribution in [1.82, 2.24) is 9.97 Å². The fourth-order valence-corrected chi connectivity index (χ4v) is 4.39. The van der Waals surface area contributed by atoms with Crippen LogP contribution in [0, 0.1) is 6.92 Å². The molecule has 1 saturated carbocycles. The highest BCUT2D eigenvalue weighted by molar-refractivity contribution is 8.00. The molecule has 0 spiro atoms. The van der Waals surface area contributed by atoms with Gasteiger partial charge in [0.2, 0.25) is 0 Å². The molecule has 2 aromatic heterocycles. The van der Waals surface area contributed by atoms with Crippen LogP contribution >= 0.6 is 23.1 Å². The number of aryl methyl sites for hydroxylation is 1. The van der Waals surface area contributed by atoms with E-state index in [-0.39, 0.29) is 0 Å². The monoisotopic (exact) mass is 280 g/mol. The van der Waals surface area contributed by atoms with Gasteiger partial charge in [0.25, 0.3) is 0 Å². The maximum atomic E-state index is 11.1. The van der Waals surface area contributed by atoms with Gasteiger partial charge < -0.3 is 5.11 Å². The zero-order valence-electron chi connectivity index (χ0n) is 9.84. The van der Waals surface area contributed by atoms with Crippen molar-refractivity contribution in [2.75, 3.05) is 0 Å². The van der Waals surface area contributed by atoms with Gasteiger partial charge in [0.05, 0.1) is 0 Å². The van der Waals surface area contributed by atoms with Gasteiger partial charge in [0.1, 0.15) is 21.1 Å². The Hall–Kier alpha value is -1.14. The van der Waals surface area contributed by atoms with E-state index in [1.165, 1.54) is 36.9 Å². The average Bonchev–Trinajstić information content (AvgIpc) is 2.62. The number of thiophene rings is 1. The van der Waals surface area contributed by atoms with E-state index in [1.807, 2.05) is 6.92 Å². The Balaban J connectivity index is 2.10. The molecule has 1 N–H and O–H groups in total. The first-order chi connectivity index (χ1) is 8.66. The van der Waals surface area contributed by atoms with Crippen molar-refractivity contribution in [3.05, 3.63) is 16.8 Å². The van der Waals surface area contributed by atoms with Crippen LogP contribution in [0.3, 0.4) is 0 Å². The maximum Gasteiger partial charge on any atom is 0.346 e. The fraction of sp³-hybridized carbons (Fsp3) is 0.417. The molecule has 0 amide bonds. The Labute approximate surface area is 112 Å². The largest absolute Gasteiger partial charge is 0.477 e. The second-order valence-corrected chi connectivity index (χ2v) is 6.68. The number of thioether (sulfide) groups is 1. The van der Waals surface area contributed by atoms with Crippen molar-refractivity contribution in [3.63, 3.8) is 0 Å². The Kier molecular flexibility index (Phi) is 2.99. The summed E-state index contributed by atoms with van der Waals surface area (Å²) in [5.74, 6) is -0.880. The van der Waals surface area contributed by atoms with Gasteiger partial charge in [-0.2, -0.15) is 0 Å². The minimum atomic E-state index is -0.880. The molecule has 0 saturated heterocycles. The molecule has 3 rings (SSSR count). The van der Waals surface area contributed by atoms with Gasteiger partial charge in [-0.3, -0.25) is 0 Å². The Morgan fingerprint density at radius 1 is 1.50 bits per heavy atom. The number of rotatable bonds is 3. The molecule has 0 unspecified atom stereocenters. The van der Waals surface area contributed by atoms with Crippen LogP contribution in [0.25, 0.3) is 10.2 Å². The van der Waals surface area contributed by atoms with Gasteiger partial charge in [0, 0.05) is 10.6 Å². The highest BCUT2D eigenvalue weighted by atomic mass is 32.2. The van der Waals surface area contributed by atoms with Crippen molar-refractivity contribution in [3.8, 4) is 0 Å². The van der Waals surface area contributed by atoms with Crippen LogP contribution in [0.1, 0.15) is 34.5 Å². The third-order valence-electron chi connectivity index (χ3n) is 3.22. The minimum absolute atomic E-state index is 0.376. The second-order valence-electron chi connectivity index (χ2n) is 4.39. The lowest BCUT2D eigenvalue weighted by Crippen LogP contribution is -2.13. The van der Waals surface area contributed by atoms with Gasteiger partial charge in [0.15, 0.2) is 0 Å². The zero-order valence-corrected chi connectivity index (χ0v) is 11.5.